The third-order valence-corrected chi connectivity index (χ3v) is 4.74. The Bertz CT molecular complexity index is 729. The van der Waals surface area contributed by atoms with Gasteiger partial charge in [0, 0.05) is 12.1 Å². The zero-order chi connectivity index (χ0) is 19.3. The van der Waals surface area contributed by atoms with Crippen LogP contribution in [0.25, 0.3) is 0 Å². The first-order valence-electron chi connectivity index (χ1n) is 9.09. The highest BCUT2D eigenvalue weighted by Crippen LogP contribution is 2.26. The Labute approximate surface area is 155 Å². The number of ketones is 1. The normalized spacial score (nSPS) is 13.4. The SMILES string of the molecule is Cc1cc(C)c(C(O)C(=O)CC(O)CCCc2ccc(N)cc2)c(C)c1. The first-order chi connectivity index (χ1) is 12.3. The van der Waals surface area contributed by atoms with Gasteiger partial charge in [-0.25, -0.2) is 0 Å². The van der Waals surface area contributed by atoms with Gasteiger partial charge in [-0.2, -0.15) is 0 Å². The molecule has 140 valence electrons. The van der Waals surface area contributed by atoms with Gasteiger partial charge in [-0.3, -0.25) is 4.79 Å². The Balaban J connectivity index is 1.87. The first-order valence-corrected chi connectivity index (χ1v) is 9.09. The molecule has 4 heteroatoms. The van der Waals surface area contributed by atoms with Gasteiger partial charge in [0.1, 0.15) is 6.10 Å². The van der Waals surface area contributed by atoms with E-state index in [9.17, 15) is 15.0 Å². The second kappa shape index (κ2) is 8.97. The smallest absolute Gasteiger partial charge is 0.168 e. The van der Waals surface area contributed by atoms with Crippen molar-refractivity contribution >= 4 is 11.5 Å². The van der Waals surface area contributed by atoms with Crippen LogP contribution in [-0.2, 0) is 11.2 Å². The number of hydrogen-bond donors (Lipinski definition) is 3. The molecule has 0 saturated carbocycles. The van der Waals surface area contributed by atoms with Gasteiger partial charge in [0.25, 0.3) is 0 Å². The monoisotopic (exact) mass is 355 g/mol. The zero-order valence-corrected chi connectivity index (χ0v) is 15.8. The van der Waals surface area contributed by atoms with E-state index in [1.807, 2.05) is 57.2 Å². The highest BCUT2D eigenvalue weighted by Gasteiger charge is 2.23. The molecule has 0 heterocycles. The summed E-state index contributed by atoms with van der Waals surface area (Å²) in [4.78, 5) is 12.4. The van der Waals surface area contributed by atoms with Crippen LogP contribution in [-0.4, -0.2) is 22.1 Å². The van der Waals surface area contributed by atoms with E-state index in [0.29, 0.717) is 12.0 Å². The Hall–Kier alpha value is -2.17. The number of carbonyl (C=O) groups excluding carboxylic acids is 1. The van der Waals surface area contributed by atoms with Gasteiger partial charge in [0.2, 0.25) is 0 Å². The molecule has 4 nitrogen and oxygen atoms in total. The Morgan fingerprint density at radius 2 is 1.62 bits per heavy atom. The van der Waals surface area contributed by atoms with Crippen molar-refractivity contribution in [2.45, 2.75) is 58.7 Å². The quantitative estimate of drug-likeness (QED) is 0.632. The van der Waals surface area contributed by atoms with Crippen molar-refractivity contribution in [3.63, 3.8) is 0 Å². The molecule has 4 N–H and O–H groups in total. The fourth-order valence-corrected chi connectivity index (χ4v) is 3.46. The molecular weight excluding hydrogens is 326 g/mol. The molecule has 0 radical (unpaired) electrons. The second-order valence-corrected chi connectivity index (χ2v) is 7.17. The highest BCUT2D eigenvalue weighted by molar-refractivity contribution is 5.85. The van der Waals surface area contributed by atoms with E-state index in [0.717, 1.165) is 40.8 Å². The summed E-state index contributed by atoms with van der Waals surface area (Å²) in [5.74, 6) is -0.333. The predicted molar refractivity (Wildman–Crippen MR) is 105 cm³/mol. The standard InChI is InChI=1S/C22H29NO3/c1-14-11-15(2)21(16(3)12-14)22(26)20(25)13-19(24)6-4-5-17-7-9-18(23)10-8-17/h7-12,19,22,24,26H,4-6,13,23H2,1-3H3. The lowest BCUT2D eigenvalue weighted by atomic mass is 9.91. The minimum absolute atomic E-state index is 0.0321. The number of carbonyl (C=O) groups is 1. The lowest BCUT2D eigenvalue weighted by molar-refractivity contribution is -0.129. The van der Waals surface area contributed by atoms with Gasteiger partial charge in [-0.1, -0.05) is 29.8 Å². The summed E-state index contributed by atoms with van der Waals surface area (Å²) < 4.78 is 0. The topological polar surface area (TPSA) is 83.5 Å². The van der Waals surface area contributed by atoms with E-state index in [-0.39, 0.29) is 12.2 Å². The maximum Gasteiger partial charge on any atom is 0.168 e. The molecule has 0 aliphatic heterocycles. The lowest BCUT2D eigenvalue weighted by Crippen LogP contribution is -2.21. The second-order valence-electron chi connectivity index (χ2n) is 7.17. The molecule has 2 aromatic rings. The number of rotatable bonds is 8. The number of aliphatic hydroxyl groups excluding tert-OH is 2. The summed E-state index contributed by atoms with van der Waals surface area (Å²) in [6.45, 7) is 5.78. The summed E-state index contributed by atoms with van der Waals surface area (Å²) in [5.41, 5.74) is 11.1. The Morgan fingerprint density at radius 1 is 1.04 bits per heavy atom. The maximum absolute atomic E-state index is 12.4. The molecule has 0 fully saturated rings. The Morgan fingerprint density at radius 3 is 2.19 bits per heavy atom. The van der Waals surface area contributed by atoms with Gasteiger partial charge in [-0.15, -0.1) is 0 Å². The molecule has 2 rings (SSSR count). The van der Waals surface area contributed by atoms with Crippen LogP contribution in [0.15, 0.2) is 36.4 Å². The summed E-state index contributed by atoms with van der Waals surface area (Å²) in [7, 11) is 0. The molecule has 2 unspecified atom stereocenters. The number of anilines is 1. The van der Waals surface area contributed by atoms with E-state index >= 15 is 0 Å². The van der Waals surface area contributed by atoms with E-state index < -0.39 is 12.2 Å². The van der Waals surface area contributed by atoms with Crippen molar-refractivity contribution in [3.05, 3.63) is 64.2 Å². The highest BCUT2D eigenvalue weighted by atomic mass is 16.3. The molecule has 0 bridgehead atoms. The van der Waals surface area contributed by atoms with E-state index in [4.69, 9.17) is 5.73 Å². The molecule has 0 aliphatic carbocycles. The van der Waals surface area contributed by atoms with Crippen LogP contribution in [0.4, 0.5) is 5.69 Å². The molecule has 2 aromatic carbocycles. The fourth-order valence-electron chi connectivity index (χ4n) is 3.46. The molecule has 26 heavy (non-hydrogen) atoms. The Kier molecular flexibility index (Phi) is 6.95. The largest absolute Gasteiger partial charge is 0.399 e. The molecule has 0 aromatic heterocycles. The average molecular weight is 355 g/mol. The summed E-state index contributed by atoms with van der Waals surface area (Å²) >= 11 is 0. The lowest BCUT2D eigenvalue weighted by Gasteiger charge is -2.18. The molecule has 0 amide bonds. The minimum Gasteiger partial charge on any atom is -0.399 e. The van der Waals surface area contributed by atoms with E-state index in [2.05, 4.69) is 0 Å². The molecule has 0 aliphatic rings. The number of aliphatic hydroxyl groups is 2. The van der Waals surface area contributed by atoms with Crippen molar-refractivity contribution in [3.8, 4) is 0 Å². The third kappa shape index (κ3) is 5.41. The first kappa shape index (κ1) is 20.1. The van der Waals surface area contributed by atoms with Crippen LogP contribution in [0.5, 0.6) is 0 Å². The number of aryl methyl sites for hydroxylation is 4. The van der Waals surface area contributed by atoms with Gasteiger partial charge in [0.05, 0.1) is 6.10 Å². The van der Waals surface area contributed by atoms with Crippen molar-refractivity contribution in [1.82, 2.24) is 0 Å². The maximum atomic E-state index is 12.4. The van der Waals surface area contributed by atoms with Gasteiger partial charge in [0.15, 0.2) is 5.78 Å². The van der Waals surface area contributed by atoms with E-state index in [1.165, 1.54) is 0 Å². The van der Waals surface area contributed by atoms with Gasteiger partial charge in [-0.05, 0) is 74.4 Å². The molecule has 0 spiro atoms. The fraction of sp³-hybridized carbons (Fsp3) is 0.409. The number of hydrogen-bond acceptors (Lipinski definition) is 4. The van der Waals surface area contributed by atoms with E-state index in [1.54, 1.807) is 0 Å². The average Bonchev–Trinajstić information content (AvgIpc) is 2.55. The molecular formula is C22H29NO3. The van der Waals surface area contributed by atoms with Crippen LogP contribution in [0.3, 0.4) is 0 Å². The predicted octanol–water partition coefficient (Wildman–Crippen LogP) is 3.57. The molecule has 2 atom stereocenters. The zero-order valence-electron chi connectivity index (χ0n) is 15.8. The summed E-state index contributed by atoms with van der Waals surface area (Å²) in [6.07, 6.45) is 0.172. The number of Topliss-reactive ketones (excluding diaryl/α,β-unsaturated/α-hetero) is 1. The van der Waals surface area contributed by atoms with Crippen molar-refractivity contribution in [2.24, 2.45) is 0 Å². The minimum atomic E-state index is -1.18. The van der Waals surface area contributed by atoms with Crippen LogP contribution in [0.1, 0.15) is 53.2 Å². The van der Waals surface area contributed by atoms with Gasteiger partial charge < -0.3 is 15.9 Å². The third-order valence-electron chi connectivity index (χ3n) is 4.74. The van der Waals surface area contributed by atoms with Crippen LogP contribution in [0.2, 0.25) is 0 Å². The number of nitrogen functional groups attached to an aromatic ring is 1. The van der Waals surface area contributed by atoms with Crippen LogP contribution >= 0.6 is 0 Å². The van der Waals surface area contributed by atoms with Crippen LogP contribution in [0, 0.1) is 20.8 Å². The van der Waals surface area contributed by atoms with Crippen molar-refractivity contribution in [1.29, 1.82) is 0 Å². The summed E-state index contributed by atoms with van der Waals surface area (Å²) in [5, 5.41) is 20.6. The molecule has 0 saturated heterocycles. The van der Waals surface area contributed by atoms with Crippen molar-refractivity contribution < 1.29 is 15.0 Å². The summed E-state index contributed by atoms with van der Waals surface area (Å²) in [6, 6.07) is 11.6. The number of benzene rings is 2. The van der Waals surface area contributed by atoms with Crippen LogP contribution < -0.4 is 5.73 Å². The number of nitrogens with two attached hydrogens (primary N) is 1. The van der Waals surface area contributed by atoms with Gasteiger partial charge >= 0.3 is 0 Å². The van der Waals surface area contributed by atoms with Crippen molar-refractivity contribution in [2.75, 3.05) is 5.73 Å².